The second-order valence-corrected chi connectivity index (χ2v) is 7.32. The predicted molar refractivity (Wildman–Crippen MR) is 91.7 cm³/mol. The van der Waals surface area contributed by atoms with Crippen molar-refractivity contribution in [2.24, 2.45) is 0 Å². The maximum Gasteiger partial charge on any atom is 0.261 e. The van der Waals surface area contributed by atoms with Gasteiger partial charge in [-0.1, -0.05) is 18.9 Å². The van der Waals surface area contributed by atoms with E-state index in [1.165, 1.54) is 37.0 Å². The van der Waals surface area contributed by atoms with Crippen LogP contribution in [0.15, 0.2) is 17.5 Å². The van der Waals surface area contributed by atoms with E-state index in [9.17, 15) is 9.59 Å². The van der Waals surface area contributed by atoms with E-state index in [1.54, 1.807) is 6.07 Å². The molecule has 0 atom stereocenters. The number of nitrogens with one attached hydrogen (secondary N) is 1. The molecule has 1 saturated carbocycles. The number of nitrogens with zero attached hydrogens (tertiary/aromatic N) is 2. The van der Waals surface area contributed by atoms with Gasteiger partial charge in [-0.3, -0.25) is 14.5 Å². The summed E-state index contributed by atoms with van der Waals surface area (Å²) < 4.78 is 0. The zero-order valence-corrected chi connectivity index (χ0v) is 14.3. The quantitative estimate of drug-likeness (QED) is 0.915. The zero-order valence-electron chi connectivity index (χ0n) is 13.5. The summed E-state index contributed by atoms with van der Waals surface area (Å²) >= 11 is 1.39. The summed E-state index contributed by atoms with van der Waals surface area (Å²) in [7, 11) is 0. The van der Waals surface area contributed by atoms with E-state index in [-0.39, 0.29) is 18.4 Å². The molecule has 1 saturated heterocycles. The Morgan fingerprint density at radius 3 is 2.70 bits per heavy atom. The largest absolute Gasteiger partial charge is 0.342 e. The van der Waals surface area contributed by atoms with Gasteiger partial charge in [-0.25, -0.2) is 0 Å². The lowest BCUT2D eigenvalue weighted by molar-refractivity contribution is -0.130. The van der Waals surface area contributed by atoms with Gasteiger partial charge in [-0.2, -0.15) is 0 Å². The van der Waals surface area contributed by atoms with Crippen molar-refractivity contribution < 1.29 is 9.59 Å². The first kappa shape index (κ1) is 16.5. The minimum absolute atomic E-state index is 0.0307. The molecule has 2 heterocycles. The molecule has 1 aliphatic carbocycles. The van der Waals surface area contributed by atoms with Crippen LogP contribution in [-0.4, -0.2) is 60.4 Å². The Labute approximate surface area is 141 Å². The predicted octanol–water partition coefficient (Wildman–Crippen LogP) is 1.95. The smallest absolute Gasteiger partial charge is 0.261 e. The van der Waals surface area contributed by atoms with Gasteiger partial charge >= 0.3 is 0 Å². The molecule has 23 heavy (non-hydrogen) atoms. The highest BCUT2D eigenvalue weighted by molar-refractivity contribution is 7.12. The van der Waals surface area contributed by atoms with Crippen LogP contribution in [0.2, 0.25) is 0 Å². The number of rotatable bonds is 4. The molecule has 6 heteroatoms. The van der Waals surface area contributed by atoms with Crippen molar-refractivity contribution in [3.63, 3.8) is 0 Å². The molecule has 0 bridgehead atoms. The van der Waals surface area contributed by atoms with E-state index >= 15 is 0 Å². The highest BCUT2D eigenvalue weighted by atomic mass is 32.1. The van der Waals surface area contributed by atoms with Crippen LogP contribution < -0.4 is 5.32 Å². The first-order chi connectivity index (χ1) is 11.2. The number of carbonyl (C=O) groups is 2. The van der Waals surface area contributed by atoms with Crippen molar-refractivity contribution in [2.45, 2.75) is 38.1 Å². The number of carbonyl (C=O) groups excluding carboxylic acids is 2. The van der Waals surface area contributed by atoms with Gasteiger partial charge < -0.3 is 10.2 Å². The average molecular weight is 335 g/mol. The highest BCUT2D eigenvalue weighted by Crippen LogP contribution is 2.24. The highest BCUT2D eigenvalue weighted by Gasteiger charge is 2.26. The molecule has 2 fully saturated rings. The lowest BCUT2D eigenvalue weighted by atomic mass is 10.2. The molecule has 5 nitrogen and oxygen atoms in total. The summed E-state index contributed by atoms with van der Waals surface area (Å²) in [5.74, 6) is -0.126. The monoisotopic (exact) mass is 335 g/mol. The fourth-order valence-corrected chi connectivity index (χ4v) is 4.22. The van der Waals surface area contributed by atoms with Gasteiger partial charge in [-0.15, -0.1) is 11.3 Å². The second kappa shape index (κ2) is 7.93. The number of amides is 2. The topological polar surface area (TPSA) is 52.7 Å². The van der Waals surface area contributed by atoms with Crippen LogP contribution in [-0.2, 0) is 4.79 Å². The first-order valence-corrected chi connectivity index (χ1v) is 9.45. The lowest BCUT2D eigenvalue weighted by Crippen LogP contribution is -2.42. The minimum Gasteiger partial charge on any atom is -0.342 e. The van der Waals surface area contributed by atoms with Crippen LogP contribution in [0.5, 0.6) is 0 Å². The average Bonchev–Trinajstić information content (AvgIpc) is 3.23. The SMILES string of the molecule is O=C(NCC(=O)N1CCCN(C2CCCC2)CC1)c1cccs1. The molecule has 0 aromatic carbocycles. The zero-order chi connectivity index (χ0) is 16.1. The maximum atomic E-state index is 12.3. The Bertz CT molecular complexity index is 526. The van der Waals surface area contributed by atoms with Crippen LogP contribution in [0.1, 0.15) is 41.8 Å². The third-order valence-corrected chi connectivity index (χ3v) is 5.74. The summed E-state index contributed by atoms with van der Waals surface area (Å²) in [6.45, 7) is 3.74. The molecule has 1 N–H and O–H groups in total. The Kier molecular flexibility index (Phi) is 5.67. The van der Waals surface area contributed by atoms with E-state index in [4.69, 9.17) is 0 Å². The van der Waals surface area contributed by atoms with Crippen molar-refractivity contribution in [3.8, 4) is 0 Å². The molecule has 0 unspecified atom stereocenters. The Morgan fingerprint density at radius 2 is 1.96 bits per heavy atom. The van der Waals surface area contributed by atoms with Crippen molar-refractivity contribution in [3.05, 3.63) is 22.4 Å². The van der Waals surface area contributed by atoms with Crippen LogP contribution >= 0.6 is 11.3 Å². The van der Waals surface area contributed by atoms with E-state index in [2.05, 4.69) is 10.2 Å². The minimum atomic E-state index is -0.157. The number of hydrogen-bond acceptors (Lipinski definition) is 4. The van der Waals surface area contributed by atoms with Crippen LogP contribution in [0.3, 0.4) is 0 Å². The third kappa shape index (κ3) is 4.32. The van der Waals surface area contributed by atoms with Crippen molar-refractivity contribution in [1.29, 1.82) is 0 Å². The summed E-state index contributed by atoms with van der Waals surface area (Å²) in [4.78, 5) is 29.4. The molecule has 126 valence electrons. The summed E-state index contributed by atoms with van der Waals surface area (Å²) in [6.07, 6.45) is 6.34. The number of thiophene rings is 1. The fourth-order valence-electron chi connectivity index (χ4n) is 3.58. The van der Waals surface area contributed by atoms with E-state index < -0.39 is 0 Å². The van der Waals surface area contributed by atoms with Crippen molar-refractivity contribution in [1.82, 2.24) is 15.1 Å². The summed E-state index contributed by atoms with van der Waals surface area (Å²) in [5, 5.41) is 4.60. The van der Waals surface area contributed by atoms with Crippen LogP contribution in [0, 0.1) is 0 Å². The lowest BCUT2D eigenvalue weighted by Gasteiger charge is -2.27. The molecule has 1 aliphatic heterocycles. The van der Waals surface area contributed by atoms with Crippen molar-refractivity contribution in [2.75, 3.05) is 32.7 Å². The number of hydrogen-bond donors (Lipinski definition) is 1. The van der Waals surface area contributed by atoms with Gasteiger partial charge in [-0.05, 0) is 30.7 Å². The Morgan fingerprint density at radius 1 is 1.13 bits per heavy atom. The Hall–Kier alpha value is -1.40. The van der Waals surface area contributed by atoms with E-state index in [1.807, 2.05) is 16.3 Å². The first-order valence-electron chi connectivity index (χ1n) is 8.57. The molecule has 1 aromatic rings. The van der Waals surface area contributed by atoms with Crippen LogP contribution in [0.4, 0.5) is 0 Å². The van der Waals surface area contributed by atoms with Gasteiger partial charge in [0, 0.05) is 32.2 Å². The van der Waals surface area contributed by atoms with Gasteiger partial charge in [0.25, 0.3) is 5.91 Å². The van der Waals surface area contributed by atoms with E-state index in [0.717, 1.165) is 38.6 Å². The van der Waals surface area contributed by atoms with Crippen molar-refractivity contribution >= 4 is 23.2 Å². The van der Waals surface area contributed by atoms with Crippen LogP contribution in [0.25, 0.3) is 0 Å². The fraction of sp³-hybridized carbons (Fsp3) is 0.647. The normalized spacial score (nSPS) is 20.4. The molecular formula is C17H25N3O2S. The molecule has 0 spiro atoms. The standard InChI is InChI=1S/C17H25N3O2S/c21-16(13-18-17(22)15-7-3-12-23-15)20-9-4-8-19(10-11-20)14-5-1-2-6-14/h3,7,12,14H,1-2,4-6,8-11,13H2,(H,18,22). The Balaban J connectivity index is 1.45. The molecular weight excluding hydrogens is 310 g/mol. The maximum absolute atomic E-state index is 12.3. The van der Waals surface area contributed by atoms with Gasteiger partial charge in [0.05, 0.1) is 11.4 Å². The van der Waals surface area contributed by atoms with Gasteiger partial charge in [0.15, 0.2) is 0 Å². The third-order valence-electron chi connectivity index (χ3n) is 4.87. The second-order valence-electron chi connectivity index (χ2n) is 6.37. The molecule has 2 amide bonds. The van der Waals surface area contributed by atoms with Gasteiger partial charge in [0.2, 0.25) is 5.91 Å². The molecule has 3 rings (SSSR count). The van der Waals surface area contributed by atoms with Gasteiger partial charge in [0.1, 0.15) is 0 Å². The molecule has 0 radical (unpaired) electrons. The van der Waals surface area contributed by atoms with E-state index in [0.29, 0.717) is 4.88 Å². The summed E-state index contributed by atoms with van der Waals surface area (Å²) in [6, 6.07) is 4.34. The molecule has 1 aromatic heterocycles. The summed E-state index contributed by atoms with van der Waals surface area (Å²) in [5.41, 5.74) is 0. The molecule has 2 aliphatic rings.